The molecular weight excluding hydrogens is 398 g/mol. The lowest BCUT2D eigenvalue weighted by molar-refractivity contribution is -0.128. The second-order valence-electron chi connectivity index (χ2n) is 6.92. The Kier molecular flexibility index (Phi) is 6.16. The van der Waals surface area contributed by atoms with Gasteiger partial charge in [0.05, 0.1) is 23.7 Å². The fraction of sp³-hybridized carbons (Fsp3) is 0.208. The standard InChI is InChI=1S/C24H23NO2S2/c1-17-22(25(23(17)26)18-13-15-19(27-2)16-14-18)24(28-20-9-5-3-6-10-20)29-21-11-7-4-8-12-21/h3-17,22,24H,1-2H3/t17-,22-/m0/s1. The second-order valence-corrected chi connectivity index (χ2v) is 9.64. The number of methoxy groups -OCH3 is 1. The van der Waals surface area contributed by atoms with Crippen LogP contribution in [0.2, 0.25) is 0 Å². The van der Waals surface area contributed by atoms with Crippen LogP contribution >= 0.6 is 23.5 Å². The molecule has 1 heterocycles. The summed E-state index contributed by atoms with van der Waals surface area (Å²) in [4.78, 5) is 17.2. The van der Waals surface area contributed by atoms with E-state index in [9.17, 15) is 4.79 Å². The summed E-state index contributed by atoms with van der Waals surface area (Å²) in [5.41, 5.74) is 0.922. The zero-order valence-corrected chi connectivity index (χ0v) is 18.0. The Morgan fingerprint density at radius 1 is 0.828 bits per heavy atom. The molecule has 0 aromatic heterocycles. The highest BCUT2D eigenvalue weighted by Gasteiger charge is 2.49. The van der Waals surface area contributed by atoms with Crippen LogP contribution in [0.15, 0.2) is 94.7 Å². The highest BCUT2D eigenvalue weighted by molar-refractivity contribution is 8.17. The molecule has 0 N–H and O–H groups in total. The molecule has 0 radical (unpaired) electrons. The number of carbonyl (C=O) groups excluding carboxylic acids is 1. The van der Waals surface area contributed by atoms with Crippen LogP contribution in [0.5, 0.6) is 5.75 Å². The molecule has 5 heteroatoms. The number of ether oxygens (including phenoxy) is 1. The maximum Gasteiger partial charge on any atom is 0.232 e. The number of carbonyl (C=O) groups is 1. The van der Waals surface area contributed by atoms with Gasteiger partial charge in [0.25, 0.3) is 0 Å². The van der Waals surface area contributed by atoms with Gasteiger partial charge in [0.1, 0.15) is 5.75 Å². The van der Waals surface area contributed by atoms with Gasteiger partial charge in [0, 0.05) is 15.5 Å². The zero-order valence-electron chi connectivity index (χ0n) is 16.4. The monoisotopic (exact) mass is 421 g/mol. The van der Waals surface area contributed by atoms with Crippen molar-refractivity contribution in [2.75, 3.05) is 12.0 Å². The minimum atomic E-state index is -0.0190. The normalized spacial score (nSPS) is 18.6. The summed E-state index contributed by atoms with van der Waals surface area (Å²) in [5, 5.41) is 0. The molecule has 1 saturated heterocycles. The largest absolute Gasteiger partial charge is 0.497 e. The van der Waals surface area contributed by atoms with E-state index in [-0.39, 0.29) is 22.4 Å². The first kappa shape index (κ1) is 19.9. The molecule has 1 fully saturated rings. The van der Waals surface area contributed by atoms with Crippen molar-refractivity contribution in [3.05, 3.63) is 84.9 Å². The number of nitrogens with zero attached hydrogens (tertiary/aromatic N) is 1. The van der Waals surface area contributed by atoms with Gasteiger partial charge in [0.15, 0.2) is 0 Å². The number of β-lactam (4-membered cyclic amide) rings is 1. The summed E-state index contributed by atoms with van der Waals surface area (Å²) in [6.07, 6.45) is 0. The number of benzene rings is 3. The highest BCUT2D eigenvalue weighted by atomic mass is 32.2. The van der Waals surface area contributed by atoms with E-state index in [4.69, 9.17) is 4.74 Å². The van der Waals surface area contributed by atoms with E-state index < -0.39 is 0 Å². The van der Waals surface area contributed by atoms with Gasteiger partial charge in [-0.3, -0.25) is 4.79 Å². The Hall–Kier alpha value is -2.37. The van der Waals surface area contributed by atoms with Gasteiger partial charge in [-0.05, 0) is 48.5 Å². The van der Waals surface area contributed by atoms with Crippen LogP contribution in [-0.2, 0) is 4.79 Å². The van der Waals surface area contributed by atoms with Crippen molar-refractivity contribution in [3.63, 3.8) is 0 Å². The number of hydrogen-bond acceptors (Lipinski definition) is 4. The number of thioether (sulfide) groups is 2. The number of rotatable bonds is 7. The average molecular weight is 422 g/mol. The molecule has 0 unspecified atom stereocenters. The SMILES string of the molecule is COc1ccc(N2C(=O)[C@@H](C)[C@H]2C(Sc2ccccc2)Sc2ccccc2)cc1. The molecule has 148 valence electrons. The van der Waals surface area contributed by atoms with E-state index in [0.29, 0.717) is 0 Å². The Balaban J connectivity index is 1.64. The lowest BCUT2D eigenvalue weighted by atomic mass is 9.89. The fourth-order valence-corrected chi connectivity index (χ4v) is 6.50. The minimum Gasteiger partial charge on any atom is -0.497 e. The zero-order chi connectivity index (χ0) is 20.2. The number of hydrogen-bond donors (Lipinski definition) is 0. The summed E-state index contributed by atoms with van der Waals surface area (Å²) in [6.45, 7) is 2.04. The summed E-state index contributed by atoms with van der Waals surface area (Å²) < 4.78 is 5.44. The van der Waals surface area contributed by atoms with Crippen molar-refractivity contribution < 1.29 is 9.53 Å². The van der Waals surface area contributed by atoms with Crippen LogP contribution in [0.3, 0.4) is 0 Å². The molecule has 2 atom stereocenters. The van der Waals surface area contributed by atoms with Crippen molar-refractivity contribution >= 4 is 35.1 Å². The first-order valence-electron chi connectivity index (χ1n) is 9.58. The Bertz CT molecular complexity index is 906. The first-order chi connectivity index (χ1) is 14.2. The Morgan fingerprint density at radius 2 is 1.34 bits per heavy atom. The smallest absolute Gasteiger partial charge is 0.232 e. The highest BCUT2D eigenvalue weighted by Crippen LogP contribution is 2.46. The van der Waals surface area contributed by atoms with Gasteiger partial charge in [-0.2, -0.15) is 0 Å². The van der Waals surface area contributed by atoms with Gasteiger partial charge in [-0.1, -0.05) is 43.3 Å². The van der Waals surface area contributed by atoms with Crippen LogP contribution in [0, 0.1) is 5.92 Å². The molecule has 3 aromatic carbocycles. The van der Waals surface area contributed by atoms with Gasteiger partial charge in [0.2, 0.25) is 5.91 Å². The van der Waals surface area contributed by atoms with Crippen LogP contribution in [0.25, 0.3) is 0 Å². The molecule has 1 amide bonds. The molecule has 3 nitrogen and oxygen atoms in total. The summed E-state index contributed by atoms with van der Waals surface area (Å²) in [7, 11) is 1.65. The third-order valence-electron chi connectivity index (χ3n) is 5.06. The Labute approximate surface area is 180 Å². The van der Waals surface area contributed by atoms with E-state index in [0.717, 1.165) is 11.4 Å². The lowest BCUT2D eigenvalue weighted by Crippen LogP contribution is -2.63. The summed E-state index contributed by atoms with van der Waals surface area (Å²) in [5.74, 6) is 0.946. The van der Waals surface area contributed by atoms with Gasteiger partial charge < -0.3 is 9.64 Å². The van der Waals surface area contributed by atoms with E-state index in [2.05, 4.69) is 48.5 Å². The summed E-state index contributed by atoms with van der Waals surface area (Å²) >= 11 is 3.65. The van der Waals surface area contributed by atoms with Crippen LogP contribution in [0.4, 0.5) is 5.69 Å². The molecule has 0 bridgehead atoms. The van der Waals surface area contributed by atoms with E-state index in [1.54, 1.807) is 7.11 Å². The fourth-order valence-electron chi connectivity index (χ4n) is 3.48. The third kappa shape index (κ3) is 4.31. The minimum absolute atomic E-state index is 0.0190. The molecular formula is C24H23NO2S2. The van der Waals surface area contributed by atoms with Crippen molar-refractivity contribution in [1.29, 1.82) is 0 Å². The van der Waals surface area contributed by atoms with Crippen molar-refractivity contribution in [2.45, 2.75) is 27.3 Å². The molecule has 1 aliphatic rings. The van der Waals surface area contributed by atoms with Gasteiger partial charge >= 0.3 is 0 Å². The van der Waals surface area contributed by atoms with E-state index >= 15 is 0 Å². The first-order valence-corrected chi connectivity index (χ1v) is 11.3. The third-order valence-corrected chi connectivity index (χ3v) is 7.75. The Morgan fingerprint density at radius 3 is 1.83 bits per heavy atom. The average Bonchev–Trinajstić information content (AvgIpc) is 2.78. The van der Waals surface area contributed by atoms with Crippen molar-refractivity contribution in [1.82, 2.24) is 0 Å². The second kappa shape index (κ2) is 8.97. The maximum atomic E-state index is 12.8. The van der Waals surface area contributed by atoms with Gasteiger partial charge in [-0.25, -0.2) is 0 Å². The number of amides is 1. The van der Waals surface area contributed by atoms with Crippen molar-refractivity contribution in [3.8, 4) is 5.75 Å². The molecule has 0 saturated carbocycles. The predicted molar refractivity (Wildman–Crippen MR) is 122 cm³/mol. The lowest BCUT2D eigenvalue weighted by Gasteiger charge is -2.49. The van der Waals surface area contributed by atoms with Crippen LogP contribution in [0.1, 0.15) is 6.92 Å². The molecule has 29 heavy (non-hydrogen) atoms. The van der Waals surface area contributed by atoms with Gasteiger partial charge in [-0.15, -0.1) is 23.5 Å². The molecule has 4 rings (SSSR count). The molecule has 0 spiro atoms. The van der Waals surface area contributed by atoms with E-state index in [1.165, 1.54) is 9.79 Å². The quantitative estimate of drug-likeness (QED) is 0.268. The summed E-state index contributed by atoms with van der Waals surface area (Å²) in [6, 6.07) is 28.7. The molecule has 3 aromatic rings. The topological polar surface area (TPSA) is 29.5 Å². The number of anilines is 1. The molecule has 1 aliphatic heterocycles. The van der Waals surface area contributed by atoms with E-state index in [1.807, 2.05) is 71.7 Å². The predicted octanol–water partition coefficient (Wildman–Crippen LogP) is 5.96. The van der Waals surface area contributed by atoms with Crippen molar-refractivity contribution in [2.24, 2.45) is 5.92 Å². The maximum absolute atomic E-state index is 12.8. The van der Waals surface area contributed by atoms with Crippen LogP contribution < -0.4 is 9.64 Å². The molecule has 0 aliphatic carbocycles. The van der Waals surface area contributed by atoms with Crippen LogP contribution in [-0.4, -0.2) is 23.6 Å².